The number of benzene rings is 1. The number of nitrogens with one attached hydrogen (secondary N) is 1. The van der Waals surface area contributed by atoms with Crippen molar-refractivity contribution < 1.29 is 9.59 Å². The normalized spacial score (nSPS) is 18.7. The van der Waals surface area contributed by atoms with Gasteiger partial charge in [-0.15, -0.1) is 0 Å². The van der Waals surface area contributed by atoms with Crippen molar-refractivity contribution in [1.29, 1.82) is 0 Å². The second-order valence-electron chi connectivity index (χ2n) is 5.54. The van der Waals surface area contributed by atoms with Crippen molar-refractivity contribution in [3.63, 3.8) is 0 Å². The van der Waals surface area contributed by atoms with Crippen LogP contribution in [0.5, 0.6) is 0 Å². The number of ketones is 1. The van der Waals surface area contributed by atoms with Gasteiger partial charge in [-0.25, -0.2) is 0 Å². The Balaban J connectivity index is 1.95. The Labute approximate surface area is 120 Å². The van der Waals surface area contributed by atoms with Crippen molar-refractivity contribution in [3.05, 3.63) is 29.8 Å². The smallest absolute Gasteiger partial charge is 0.241 e. The van der Waals surface area contributed by atoms with Crippen LogP contribution in [-0.2, 0) is 4.79 Å². The Hall–Kier alpha value is -1.84. The lowest BCUT2D eigenvalue weighted by atomic mass is 10.0. The van der Waals surface area contributed by atoms with Gasteiger partial charge in [-0.05, 0) is 37.8 Å². The molecule has 0 saturated carbocycles. The second-order valence-corrected chi connectivity index (χ2v) is 5.54. The number of para-hydroxylation sites is 1. The minimum Gasteiger partial charge on any atom is -0.376 e. The van der Waals surface area contributed by atoms with Gasteiger partial charge in [0.05, 0.1) is 6.54 Å². The third-order valence-electron chi connectivity index (χ3n) is 3.75. The first-order valence-electron chi connectivity index (χ1n) is 7.19. The highest BCUT2D eigenvalue weighted by atomic mass is 16.2. The fourth-order valence-electron chi connectivity index (χ4n) is 2.64. The molecule has 0 spiro atoms. The van der Waals surface area contributed by atoms with E-state index in [2.05, 4.69) is 12.2 Å². The quantitative estimate of drug-likeness (QED) is 0.858. The minimum absolute atomic E-state index is 0.00661. The number of hydrogen-bond donors (Lipinski definition) is 1. The number of carbonyl (C=O) groups excluding carboxylic acids is 2. The van der Waals surface area contributed by atoms with E-state index in [0.717, 1.165) is 25.2 Å². The average molecular weight is 274 g/mol. The summed E-state index contributed by atoms with van der Waals surface area (Å²) in [7, 11) is 0. The molecule has 4 nitrogen and oxygen atoms in total. The van der Waals surface area contributed by atoms with Crippen LogP contribution in [0.4, 0.5) is 5.69 Å². The summed E-state index contributed by atoms with van der Waals surface area (Å²) in [6.07, 6.45) is 2.28. The molecule has 1 unspecified atom stereocenters. The number of amides is 1. The monoisotopic (exact) mass is 274 g/mol. The molecule has 1 atom stereocenters. The molecule has 0 bridgehead atoms. The summed E-state index contributed by atoms with van der Waals surface area (Å²) in [5, 5.41) is 3.09. The lowest BCUT2D eigenvalue weighted by Gasteiger charge is -2.31. The highest BCUT2D eigenvalue weighted by molar-refractivity contribution is 6.00. The van der Waals surface area contributed by atoms with Crippen molar-refractivity contribution in [2.45, 2.75) is 26.7 Å². The number of nitrogens with zero attached hydrogens (tertiary/aromatic N) is 1. The van der Waals surface area contributed by atoms with E-state index in [0.29, 0.717) is 11.5 Å². The Kier molecular flexibility index (Phi) is 4.77. The van der Waals surface area contributed by atoms with Crippen molar-refractivity contribution in [2.24, 2.45) is 5.92 Å². The Morgan fingerprint density at radius 3 is 2.80 bits per heavy atom. The zero-order chi connectivity index (χ0) is 14.5. The van der Waals surface area contributed by atoms with Gasteiger partial charge >= 0.3 is 0 Å². The molecule has 4 heteroatoms. The van der Waals surface area contributed by atoms with Crippen LogP contribution in [0.15, 0.2) is 24.3 Å². The molecule has 1 amide bonds. The van der Waals surface area contributed by atoms with Crippen LogP contribution in [0.1, 0.15) is 37.0 Å². The van der Waals surface area contributed by atoms with Crippen molar-refractivity contribution in [1.82, 2.24) is 4.90 Å². The average Bonchev–Trinajstić information content (AvgIpc) is 2.45. The van der Waals surface area contributed by atoms with E-state index in [4.69, 9.17) is 0 Å². The zero-order valence-electron chi connectivity index (χ0n) is 12.2. The Morgan fingerprint density at radius 1 is 1.35 bits per heavy atom. The van der Waals surface area contributed by atoms with Crippen LogP contribution in [0, 0.1) is 5.92 Å². The van der Waals surface area contributed by atoms with Gasteiger partial charge < -0.3 is 10.2 Å². The molecule has 1 heterocycles. The molecule has 0 radical (unpaired) electrons. The molecule has 1 aliphatic rings. The van der Waals surface area contributed by atoms with Crippen molar-refractivity contribution in [3.8, 4) is 0 Å². The van der Waals surface area contributed by atoms with Gasteiger partial charge in [0.1, 0.15) is 0 Å². The molecule has 20 heavy (non-hydrogen) atoms. The third kappa shape index (κ3) is 3.59. The molecule has 108 valence electrons. The topological polar surface area (TPSA) is 49.4 Å². The Morgan fingerprint density at radius 2 is 2.10 bits per heavy atom. The maximum absolute atomic E-state index is 12.2. The van der Waals surface area contributed by atoms with E-state index in [1.807, 2.05) is 23.1 Å². The first-order valence-corrected chi connectivity index (χ1v) is 7.19. The summed E-state index contributed by atoms with van der Waals surface area (Å²) in [6, 6.07) is 7.30. The van der Waals surface area contributed by atoms with Crippen molar-refractivity contribution in [2.75, 3.05) is 25.0 Å². The molecular weight excluding hydrogens is 252 g/mol. The maximum atomic E-state index is 12.2. The van der Waals surface area contributed by atoms with Gasteiger partial charge in [-0.1, -0.05) is 19.1 Å². The number of rotatable bonds is 4. The third-order valence-corrected chi connectivity index (χ3v) is 3.75. The summed E-state index contributed by atoms with van der Waals surface area (Å²) in [6.45, 7) is 5.65. The van der Waals surface area contributed by atoms with E-state index in [9.17, 15) is 9.59 Å². The van der Waals surface area contributed by atoms with E-state index in [1.165, 1.54) is 13.3 Å². The first-order chi connectivity index (χ1) is 9.58. The van der Waals surface area contributed by atoms with Crippen LogP contribution in [-0.4, -0.2) is 36.2 Å². The van der Waals surface area contributed by atoms with Crippen LogP contribution in [0.25, 0.3) is 0 Å². The molecule has 1 fully saturated rings. The second kappa shape index (κ2) is 6.55. The maximum Gasteiger partial charge on any atom is 0.241 e. The number of piperidine rings is 1. The van der Waals surface area contributed by atoms with Crippen LogP contribution in [0.3, 0.4) is 0 Å². The summed E-state index contributed by atoms with van der Waals surface area (Å²) in [5.74, 6) is 0.694. The van der Waals surface area contributed by atoms with E-state index in [1.54, 1.807) is 6.07 Å². The molecule has 0 aliphatic carbocycles. The van der Waals surface area contributed by atoms with Gasteiger partial charge in [0.2, 0.25) is 5.91 Å². The van der Waals surface area contributed by atoms with Crippen LogP contribution in [0.2, 0.25) is 0 Å². The lowest BCUT2D eigenvalue weighted by molar-refractivity contribution is -0.130. The molecule has 1 saturated heterocycles. The fourth-order valence-corrected chi connectivity index (χ4v) is 2.64. The number of carbonyl (C=O) groups is 2. The first kappa shape index (κ1) is 14.6. The summed E-state index contributed by atoms with van der Waals surface area (Å²) in [4.78, 5) is 25.6. The van der Waals surface area contributed by atoms with E-state index < -0.39 is 0 Å². The van der Waals surface area contributed by atoms with Gasteiger partial charge in [-0.2, -0.15) is 0 Å². The highest BCUT2D eigenvalue weighted by Crippen LogP contribution is 2.17. The summed E-state index contributed by atoms with van der Waals surface area (Å²) < 4.78 is 0. The van der Waals surface area contributed by atoms with Gasteiger partial charge in [0.15, 0.2) is 5.78 Å². The standard InChI is InChI=1S/C16H22N2O2/c1-12-6-5-9-18(11-12)16(20)10-17-15-8-4-3-7-14(15)13(2)19/h3-4,7-8,12,17H,5-6,9-11H2,1-2H3. The number of anilines is 1. The molecule has 1 N–H and O–H groups in total. The van der Waals surface area contributed by atoms with Gasteiger partial charge in [0, 0.05) is 24.3 Å². The SMILES string of the molecule is CC(=O)c1ccccc1NCC(=O)N1CCCC(C)C1. The molecule has 1 aromatic carbocycles. The van der Waals surface area contributed by atoms with E-state index >= 15 is 0 Å². The molecule has 1 aliphatic heterocycles. The van der Waals surface area contributed by atoms with Gasteiger partial charge in [0.25, 0.3) is 0 Å². The largest absolute Gasteiger partial charge is 0.376 e. The van der Waals surface area contributed by atoms with E-state index in [-0.39, 0.29) is 18.2 Å². The summed E-state index contributed by atoms with van der Waals surface area (Å²) >= 11 is 0. The zero-order valence-corrected chi connectivity index (χ0v) is 12.2. The summed E-state index contributed by atoms with van der Waals surface area (Å²) in [5.41, 5.74) is 1.37. The van der Waals surface area contributed by atoms with Crippen LogP contribution < -0.4 is 5.32 Å². The van der Waals surface area contributed by atoms with Crippen molar-refractivity contribution >= 4 is 17.4 Å². The molecule has 1 aromatic rings. The Bertz CT molecular complexity index is 499. The highest BCUT2D eigenvalue weighted by Gasteiger charge is 2.20. The molecule has 2 rings (SSSR count). The number of Topliss-reactive ketones (excluding diaryl/α,β-unsaturated/α-hetero) is 1. The predicted octanol–water partition coefficient (Wildman–Crippen LogP) is 2.56. The van der Waals surface area contributed by atoms with Crippen LogP contribution >= 0.6 is 0 Å². The predicted molar refractivity (Wildman–Crippen MR) is 79.9 cm³/mol. The van der Waals surface area contributed by atoms with Gasteiger partial charge in [-0.3, -0.25) is 9.59 Å². The number of likely N-dealkylation sites (tertiary alicyclic amines) is 1. The minimum atomic E-state index is 0.00661. The fraction of sp³-hybridized carbons (Fsp3) is 0.500. The molecule has 0 aromatic heterocycles. The number of hydrogen-bond acceptors (Lipinski definition) is 3. The lowest BCUT2D eigenvalue weighted by Crippen LogP contribution is -2.42. The molecular formula is C16H22N2O2.